The van der Waals surface area contributed by atoms with E-state index in [-0.39, 0.29) is 0 Å². The first-order valence-electron chi connectivity index (χ1n) is 15.7. The molecule has 7 aromatic rings. The highest BCUT2D eigenvalue weighted by Gasteiger charge is 2.13. The summed E-state index contributed by atoms with van der Waals surface area (Å²) in [6, 6.07) is 52.9. The summed E-state index contributed by atoms with van der Waals surface area (Å²) in [4.78, 5) is 14.5. The average molecular weight is 604 g/mol. The Hall–Kier alpha value is -6.19. The number of aromatic nitrogens is 2. The highest BCUT2D eigenvalue weighted by molar-refractivity contribution is 6.09. The minimum absolute atomic E-state index is 0.680. The SMILES string of the molecule is C=C(C=N/C=C\C)c1ccc(-c2cc(-c3ccc(-c4ccccc4)cc3)nc(-c3cccc(-c4ccc5ccccc5c4)c3)n2)cc1. The fraction of sp³-hybridized carbons (Fsp3) is 0.0227. The van der Waals surface area contributed by atoms with Crippen molar-refractivity contribution in [3.8, 4) is 56.2 Å². The Balaban J connectivity index is 1.29. The summed E-state index contributed by atoms with van der Waals surface area (Å²) in [5.41, 5.74) is 11.2. The van der Waals surface area contributed by atoms with E-state index in [9.17, 15) is 0 Å². The van der Waals surface area contributed by atoms with Gasteiger partial charge in [0.05, 0.1) is 11.4 Å². The van der Waals surface area contributed by atoms with E-state index in [1.165, 1.54) is 21.9 Å². The first-order chi connectivity index (χ1) is 23.1. The molecule has 0 saturated heterocycles. The zero-order valence-corrected chi connectivity index (χ0v) is 26.2. The third kappa shape index (κ3) is 6.61. The van der Waals surface area contributed by atoms with E-state index in [4.69, 9.17) is 9.97 Å². The van der Waals surface area contributed by atoms with Crippen LogP contribution in [0.4, 0.5) is 0 Å². The molecule has 0 N–H and O–H groups in total. The number of aliphatic imine (C=N–C) groups is 1. The Morgan fingerprint density at radius 1 is 0.511 bits per heavy atom. The van der Waals surface area contributed by atoms with Crippen molar-refractivity contribution >= 4 is 22.6 Å². The van der Waals surface area contributed by atoms with Gasteiger partial charge in [0, 0.05) is 29.1 Å². The molecule has 0 saturated carbocycles. The Kier molecular flexibility index (Phi) is 8.44. The van der Waals surface area contributed by atoms with Gasteiger partial charge in [-0.2, -0.15) is 0 Å². The van der Waals surface area contributed by atoms with Crippen LogP contribution in [0.5, 0.6) is 0 Å². The molecular weight excluding hydrogens is 571 g/mol. The molecule has 0 unspecified atom stereocenters. The first-order valence-corrected chi connectivity index (χ1v) is 15.7. The Morgan fingerprint density at radius 2 is 1.06 bits per heavy atom. The fourth-order valence-corrected chi connectivity index (χ4v) is 5.69. The molecule has 0 amide bonds. The van der Waals surface area contributed by atoms with Crippen LogP contribution in [0, 0.1) is 0 Å². The number of nitrogens with zero attached hydrogens (tertiary/aromatic N) is 3. The minimum Gasteiger partial charge on any atom is -0.264 e. The first kappa shape index (κ1) is 29.5. The summed E-state index contributed by atoms with van der Waals surface area (Å²) >= 11 is 0. The van der Waals surface area contributed by atoms with Crippen LogP contribution >= 0.6 is 0 Å². The van der Waals surface area contributed by atoms with E-state index in [0.29, 0.717) is 5.82 Å². The van der Waals surface area contributed by atoms with Crippen LogP contribution in [0.2, 0.25) is 0 Å². The standard InChI is InChI=1S/C44H33N3/c1-3-26-45-30-31(2)32-16-21-36(22-17-32)42-29-43(37-23-18-35(19-24-37)33-10-5-4-6-11-33)47-44(46-42)41-15-9-14-39(28-41)40-25-20-34-12-7-8-13-38(34)27-40/h3-30H,2H2,1H3/b26-3-,45-30?. The van der Waals surface area contributed by atoms with E-state index < -0.39 is 0 Å². The monoisotopic (exact) mass is 603 g/mol. The van der Waals surface area contributed by atoms with Crippen molar-refractivity contribution in [3.63, 3.8) is 0 Å². The van der Waals surface area contributed by atoms with Crippen molar-refractivity contribution in [1.29, 1.82) is 0 Å². The minimum atomic E-state index is 0.680. The van der Waals surface area contributed by atoms with E-state index in [0.717, 1.165) is 50.3 Å². The molecular formula is C44H33N3. The lowest BCUT2D eigenvalue weighted by atomic mass is 9.99. The molecule has 3 heteroatoms. The molecule has 0 bridgehead atoms. The summed E-state index contributed by atoms with van der Waals surface area (Å²) in [6.45, 7) is 6.12. The second kappa shape index (κ2) is 13.4. The number of hydrogen-bond donors (Lipinski definition) is 0. The van der Waals surface area contributed by atoms with Crippen LogP contribution < -0.4 is 0 Å². The largest absolute Gasteiger partial charge is 0.264 e. The van der Waals surface area contributed by atoms with Crippen molar-refractivity contribution < 1.29 is 0 Å². The summed E-state index contributed by atoms with van der Waals surface area (Å²) in [7, 11) is 0. The number of rotatable bonds is 8. The molecule has 0 aliphatic rings. The van der Waals surface area contributed by atoms with Crippen LogP contribution in [-0.2, 0) is 0 Å². The van der Waals surface area contributed by atoms with Crippen LogP contribution in [0.3, 0.4) is 0 Å². The Morgan fingerprint density at radius 3 is 1.79 bits per heavy atom. The van der Waals surface area contributed by atoms with Crippen molar-refractivity contribution in [2.75, 3.05) is 0 Å². The van der Waals surface area contributed by atoms with Crippen molar-refractivity contribution in [2.24, 2.45) is 4.99 Å². The molecule has 7 rings (SSSR count). The zero-order valence-electron chi connectivity index (χ0n) is 26.2. The van der Waals surface area contributed by atoms with Gasteiger partial charge in [0.1, 0.15) is 0 Å². The lowest BCUT2D eigenvalue weighted by molar-refractivity contribution is 1.18. The van der Waals surface area contributed by atoms with Crippen LogP contribution in [0.25, 0.3) is 72.5 Å². The number of fused-ring (bicyclic) bond motifs is 1. The Labute approximate surface area is 276 Å². The average Bonchev–Trinajstić information content (AvgIpc) is 3.15. The van der Waals surface area contributed by atoms with Gasteiger partial charge in [0.2, 0.25) is 0 Å². The molecule has 0 spiro atoms. The third-order valence-electron chi connectivity index (χ3n) is 8.23. The van der Waals surface area contributed by atoms with Gasteiger partial charge >= 0.3 is 0 Å². The molecule has 1 heterocycles. The summed E-state index contributed by atoms with van der Waals surface area (Å²) in [5, 5.41) is 2.44. The highest BCUT2D eigenvalue weighted by atomic mass is 14.9. The Bertz CT molecular complexity index is 2240. The highest BCUT2D eigenvalue weighted by Crippen LogP contribution is 2.32. The maximum Gasteiger partial charge on any atom is 0.160 e. The zero-order chi connectivity index (χ0) is 32.0. The van der Waals surface area contributed by atoms with Gasteiger partial charge in [-0.1, -0.05) is 146 Å². The fourth-order valence-electron chi connectivity index (χ4n) is 5.69. The van der Waals surface area contributed by atoms with Crippen LogP contribution in [0.1, 0.15) is 12.5 Å². The van der Waals surface area contributed by atoms with Gasteiger partial charge < -0.3 is 0 Å². The summed E-state index contributed by atoms with van der Waals surface area (Å²) in [6.07, 6.45) is 5.42. The molecule has 0 fully saturated rings. The summed E-state index contributed by atoms with van der Waals surface area (Å²) in [5.74, 6) is 0.680. The van der Waals surface area contributed by atoms with Gasteiger partial charge in [0.15, 0.2) is 5.82 Å². The molecule has 224 valence electrons. The molecule has 0 aliphatic heterocycles. The lowest BCUT2D eigenvalue weighted by Crippen LogP contribution is -1.96. The molecule has 6 aromatic carbocycles. The molecule has 3 nitrogen and oxygen atoms in total. The normalized spacial score (nSPS) is 11.4. The maximum atomic E-state index is 5.13. The van der Waals surface area contributed by atoms with Gasteiger partial charge in [-0.05, 0) is 69.3 Å². The van der Waals surface area contributed by atoms with Crippen molar-refractivity contribution in [2.45, 2.75) is 6.92 Å². The second-order valence-corrected chi connectivity index (χ2v) is 11.4. The number of benzene rings is 6. The molecule has 0 atom stereocenters. The van der Waals surface area contributed by atoms with E-state index in [2.05, 4.69) is 157 Å². The van der Waals surface area contributed by atoms with Crippen molar-refractivity contribution in [3.05, 3.63) is 176 Å². The predicted molar refractivity (Wildman–Crippen MR) is 199 cm³/mol. The summed E-state index contributed by atoms with van der Waals surface area (Å²) < 4.78 is 0. The molecule has 0 aliphatic carbocycles. The van der Waals surface area contributed by atoms with Gasteiger partial charge in [0.25, 0.3) is 0 Å². The van der Waals surface area contributed by atoms with Gasteiger partial charge in [-0.15, -0.1) is 0 Å². The number of hydrogen-bond acceptors (Lipinski definition) is 3. The van der Waals surface area contributed by atoms with Crippen LogP contribution in [-0.4, -0.2) is 16.2 Å². The van der Waals surface area contributed by atoms with Crippen LogP contribution in [0.15, 0.2) is 176 Å². The van der Waals surface area contributed by atoms with E-state index >= 15 is 0 Å². The van der Waals surface area contributed by atoms with Gasteiger partial charge in [-0.3, -0.25) is 4.99 Å². The maximum absolute atomic E-state index is 5.13. The molecule has 0 radical (unpaired) electrons. The smallest absolute Gasteiger partial charge is 0.160 e. The van der Waals surface area contributed by atoms with Crippen molar-refractivity contribution in [1.82, 2.24) is 9.97 Å². The van der Waals surface area contributed by atoms with E-state index in [1.807, 2.05) is 19.1 Å². The van der Waals surface area contributed by atoms with E-state index in [1.54, 1.807) is 12.4 Å². The van der Waals surface area contributed by atoms with Gasteiger partial charge in [-0.25, -0.2) is 9.97 Å². The lowest BCUT2D eigenvalue weighted by Gasteiger charge is -2.12. The third-order valence-corrected chi connectivity index (χ3v) is 8.23. The predicted octanol–water partition coefficient (Wildman–Crippen LogP) is 11.6. The topological polar surface area (TPSA) is 38.1 Å². The molecule has 1 aromatic heterocycles. The number of allylic oxidation sites excluding steroid dienone is 2. The molecule has 47 heavy (non-hydrogen) atoms. The second-order valence-electron chi connectivity index (χ2n) is 11.4. The quantitative estimate of drug-likeness (QED) is 0.162.